The number of nitrogens with one attached hydrogen (secondary N) is 1. The first-order valence-electron chi connectivity index (χ1n) is 7.62. The molecule has 0 saturated carbocycles. The minimum Gasteiger partial charge on any atom is -0.282 e. The topological polar surface area (TPSA) is 66.1 Å². The van der Waals surface area contributed by atoms with E-state index in [1.165, 1.54) is 6.07 Å². The molecule has 124 valence electrons. The Morgan fingerprint density at radius 1 is 1.30 bits per heavy atom. The van der Waals surface area contributed by atoms with E-state index in [4.69, 9.17) is 11.6 Å². The standard InChI is InChI=1S/C16H20ClN3O2S/c1-10-6-7-13(9-14(10)17)23(21,22)20-8-4-5-15(20)16-11(2)18-19-12(16)3/h6-7,9,15H,4-5,8H2,1-3H3,(H,18,19)/t15-/m1/s1. The van der Waals surface area contributed by atoms with E-state index in [1.807, 2.05) is 20.8 Å². The number of aryl methyl sites for hydroxylation is 3. The molecule has 2 heterocycles. The number of H-pyrrole nitrogens is 1. The first-order chi connectivity index (χ1) is 10.8. The number of nitrogens with zero attached hydrogens (tertiary/aromatic N) is 2. The molecule has 0 aliphatic carbocycles. The van der Waals surface area contributed by atoms with Crippen LogP contribution >= 0.6 is 11.6 Å². The molecule has 7 heteroatoms. The summed E-state index contributed by atoms with van der Waals surface area (Å²) < 4.78 is 27.7. The minimum atomic E-state index is -3.58. The van der Waals surface area contributed by atoms with Crippen molar-refractivity contribution >= 4 is 21.6 Å². The van der Waals surface area contributed by atoms with Gasteiger partial charge in [-0.25, -0.2) is 8.42 Å². The Morgan fingerprint density at radius 3 is 2.65 bits per heavy atom. The smallest absolute Gasteiger partial charge is 0.243 e. The van der Waals surface area contributed by atoms with Crippen molar-refractivity contribution < 1.29 is 8.42 Å². The van der Waals surface area contributed by atoms with Crippen molar-refractivity contribution in [3.8, 4) is 0 Å². The zero-order valence-corrected chi connectivity index (χ0v) is 15.0. The number of rotatable bonds is 3. The maximum absolute atomic E-state index is 13.1. The van der Waals surface area contributed by atoms with E-state index in [2.05, 4.69) is 10.2 Å². The van der Waals surface area contributed by atoms with Gasteiger partial charge in [0.1, 0.15) is 0 Å². The van der Waals surface area contributed by atoms with Crippen molar-refractivity contribution in [2.75, 3.05) is 6.54 Å². The van der Waals surface area contributed by atoms with Crippen molar-refractivity contribution in [2.24, 2.45) is 0 Å². The van der Waals surface area contributed by atoms with Crippen LogP contribution in [0.15, 0.2) is 23.1 Å². The van der Waals surface area contributed by atoms with Crippen LogP contribution < -0.4 is 0 Å². The van der Waals surface area contributed by atoms with Gasteiger partial charge in [0.25, 0.3) is 0 Å². The second-order valence-corrected chi connectivity index (χ2v) is 8.33. The lowest BCUT2D eigenvalue weighted by Gasteiger charge is -2.24. The van der Waals surface area contributed by atoms with Crippen LogP contribution in [0.25, 0.3) is 0 Å². The molecule has 0 bridgehead atoms. The highest BCUT2D eigenvalue weighted by atomic mass is 35.5. The van der Waals surface area contributed by atoms with Crippen LogP contribution in [0.5, 0.6) is 0 Å². The average molecular weight is 354 g/mol. The largest absolute Gasteiger partial charge is 0.282 e. The van der Waals surface area contributed by atoms with Gasteiger partial charge in [0, 0.05) is 22.8 Å². The van der Waals surface area contributed by atoms with Gasteiger partial charge in [0.2, 0.25) is 10.0 Å². The van der Waals surface area contributed by atoms with Gasteiger partial charge in [0.15, 0.2) is 0 Å². The molecule has 1 saturated heterocycles. The molecule has 1 aliphatic rings. The maximum Gasteiger partial charge on any atom is 0.243 e. The predicted molar refractivity (Wildman–Crippen MR) is 90.1 cm³/mol. The van der Waals surface area contributed by atoms with Gasteiger partial charge in [-0.15, -0.1) is 0 Å². The molecule has 1 atom stereocenters. The Balaban J connectivity index is 2.03. The number of benzene rings is 1. The van der Waals surface area contributed by atoms with E-state index in [9.17, 15) is 8.42 Å². The predicted octanol–water partition coefficient (Wildman–Crippen LogP) is 3.51. The van der Waals surface area contributed by atoms with Gasteiger partial charge in [-0.3, -0.25) is 5.10 Å². The summed E-state index contributed by atoms with van der Waals surface area (Å²) in [7, 11) is -3.58. The van der Waals surface area contributed by atoms with Crippen LogP contribution in [0.3, 0.4) is 0 Å². The minimum absolute atomic E-state index is 0.168. The van der Waals surface area contributed by atoms with Crippen LogP contribution in [-0.2, 0) is 10.0 Å². The summed E-state index contributed by atoms with van der Waals surface area (Å²) in [6.07, 6.45) is 1.65. The fourth-order valence-electron chi connectivity index (χ4n) is 3.24. The van der Waals surface area contributed by atoms with Crippen molar-refractivity contribution in [3.05, 3.63) is 45.7 Å². The fraction of sp³-hybridized carbons (Fsp3) is 0.438. The summed E-state index contributed by atoms with van der Waals surface area (Å²) >= 11 is 6.12. The van der Waals surface area contributed by atoms with E-state index >= 15 is 0 Å². The van der Waals surface area contributed by atoms with Crippen LogP contribution in [0.4, 0.5) is 0 Å². The Labute approximate surface area is 141 Å². The molecule has 1 N–H and O–H groups in total. The fourth-order valence-corrected chi connectivity index (χ4v) is 5.17. The Kier molecular flexibility index (Phi) is 4.25. The van der Waals surface area contributed by atoms with Crippen LogP contribution in [0, 0.1) is 20.8 Å². The lowest BCUT2D eigenvalue weighted by Crippen LogP contribution is -2.31. The molecule has 1 aliphatic heterocycles. The van der Waals surface area contributed by atoms with Gasteiger partial charge < -0.3 is 0 Å². The van der Waals surface area contributed by atoms with Crippen LogP contribution in [-0.4, -0.2) is 29.5 Å². The summed E-state index contributed by atoms with van der Waals surface area (Å²) in [4.78, 5) is 0.249. The maximum atomic E-state index is 13.1. The third-order valence-corrected chi connectivity index (χ3v) is 6.78. The molecule has 3 rings (SSSR count). The summed E-state index contributed by atoms with van der Waals surface area (Å²) in [6.45, 7) is 6.21. The molecule has 0 radical (unpaired) electrons. The second-order valence-electron chi connectivity index (χ2n) is 6.03. The molecule has 1 aromatic heterocycles. The van der Waals surface area contributed by atoms with Crippen molar-refractivity contribution in [1.82, 2.24) is 14.5 Å². The Morgan fingerprint density at radius 2 is 2.04 bits per heavy atom. The number of sulfonamides is 1. The number of halogens is 1. The lowest BCUT2D eigenvalue weighted by atomic mass is 10.0. The van der Waals surface area contributed by atoms with Crippen molar-refractivity contribution in [3.63, 3.8) is 0 Å². The second kappa shape index (κ2) is 5.92. The number of aromatic nitrogens is 2. The average Bonchev–Trinajstić information content (AvgIpc) is 3.09. The first kappa shape index (κ1) is 16.5. The molecule has 5 nitrogen and oxygen atoms in total. The summed E-state index contributed by atoms with van der Waals surface area (Å²) in [5.74, 6) is 0. The monoisotopic (exact) mass is 353 g/mol. The molecule has 1 fully saturated rings. The van der Waals surface area contributed by atoms with Crippen molar-refractivity contribution in [2.45, 2.75) is 44.6 Å². The molecule has 0 unspecified atom stereocenters. The van der Waals surface area contributed by atoms with Gasteiger partial charge in [-0.2, -0.15) is 9.40 Å². The van der Waals surface area contributed by atoms with E-state index in [-0.39, 0.29) is 10.9 Å². The summed E-state index contributed by atoms with van der Waals surface area (Å²) in [5.41, 5.74) is 3.64. The van der Waals surface area contributed by atoms with E-state index < -0.39 is 10.0 Å². The molecule has 2 aromatic rings. The van der Waals surface area contributed by atoms with Gasteiger partial charge in [-0.1, -0.05) is 17.7 Å². The summed E-state index contributed by atoms with van der Waals surface area (Å²) in [6, 6.07) is 4.74. The first-order valence-corrected chi connectivity index (χ1v) is 9.43. The van der Waals surface area contributed by atoms with E-state index in [1.54, 1.807) is 16.4 Å². The molecule has 23 heavy (non-hydrogen) atoms. The normalized spacial score (nSPS) is 19.4. The van der Waals surface area contributed by atoms with Crippen LogP contribution in [0.1, 0.15) is 41.4 Å². The van der Waals surface area contributed by atoms with Gasteiger partial charge >= 0.3 is 0 Å². The summed E-state index contributed by atoms with van der Waals surface area (Å²) in [5, 5.41) is 7.63. The quantitative estimate of drug-likeness (QED) is 0.918. The zero-order valence-electron chi connectivity index (χ0n) is 13.4. The molecular formula is C16H20ClN3O2S. The van der Waals surface area contributed by atoms with E-state index in [0.29, 0.717) is 11.6 Å². The molecule has 1 aromatic carbocycles. The highest BCUT2D eigenvalue weighted by molar-refractivity contribution is 7.89. The highest BCUT2D eigenvalue weighted by Crippen LogP contribution is 2.39. The third-order valence-electron chi connectivity index (χ3n) is 4.47. The zero-order chi connectivity index (χ0) is 16.8. The number of aromatic amines is 1. The lowest BCUT2D eigenvalue weighted by molar-refractivity contribution is 0.394. The van der Waals surface area contributed by atoms with Crippen LogP contribution in [0.2, 0.25) is 5.02 Å². The van der Waals surface area contributed by atoms with Crippen molar-refractivity contribution in [1.29, 1.82) is 0 Å². The Bertz CT molecular complexity index is 826. The number of hydrogen-bond acceptors (Lipinski definition) is 3. The number of hydrogen-bond donors (Lipinski definition) is 1. The third kappa shape index (κ3) is 2.79. The molecular weight excluding hydrogens is 334 g/mol. The molecule has 0 spiro atoms. The van der Waals surface area contributed by atoms with E-state index in [0.717, 1.165) is 35.4 Å². The van der Waals surface area contributed by atoms with Gasteiger partial charge in [-0.05, 0) is 51.3 Å². The Hall–Kier alpha value is -1.37. The SMILES string of the molecule is Cc1ccc(S(=O)(=O)N2CCC[C@@H]2c2c(C)n[nH]c2C)cc1Cl. The molecule has 0 amide bonds. The van der Waals surface area contributed by atoms with Gasteiger partial charge in [0.05, 0.1) is 16.6 Å². The highest BCUT2D eigenvalue weighted by Gasteiger charge is 2.38.